The summed E-state index contributed by atoms with van der Waals surface area (Å²) >= 11 is 0. The van der Waals surface area contributed by atoms with Crippen molar-refractivity contribution in [2.45, 2.75) is 6.42 Å². The summed E-state index contributed by atoms with van der Waals surface area (Å²) in [5, 5.41) is 15.0. The van der Waals surface area contributed by atoms with E-state index in [0.29, 0.717) is 30.7 Å². The fourth-order valence-electron chi connectivity index (χ4n) is 3.04. The van der Waals surface area contributed by atoms with Crippen molar-refractivity contribution < 1.29 is 14.4 Å². The molecule has 0 unspecified atom stereocenters. The Hall–Kier alpha value is -3.35. The van der Waals surface area contributed by atoms with Crippen molar-refractivity contribution >= 4 is 22.3 Å². The van der Waals surface area contributed by atoms with Crippen molar-refractivity contribution in [2.75, 3.05) is 25.1 Å². The van der Waals surface area contributed by atoms with Crippen molar-refractivity contribution in [2.24, 2.45) is 0 Å². The summed E-state index contributed by atoms with van der Waals surface area (Å²) in [5.41, 5.74) is 2.57. The average molecular weight is 351 g/mol. The molecule has 0 atom stereocenters. The monoisotopic (exact) mass is 351 g/mol. The normalized spacial score (nSPS) is 12.8. The number of anilines is 1. The molecule has 0 spiro atoms. The summed E-state index contributed by atoms with van der Waals surface area (Å²) in [5.74, 6) is 1.55. The molecule has 132 valence electrons. The molecule has 3 aromatic rings. The summed E-state index contributed by atoms with van der Waals surface area (Å²) in [4.78, 5) is 15.1. The maximum Gasteiger partial charge on any atom is 0.278 e. The predicted octanol–water partition coefficient (Wildman–Crippen LogP) is 3.57. The van der Waals surface area contributed by atoms with E-state index >= 15 is 0 Å². The van der Waals surface area contributed by atoms with Gasteiger partial charge >= 0.3 is 0 Å². The maximum absolute atomic E-state index is 11.2. The Balaban J connectivity index is 1.50. The molecule has 0 radical (unpaired) electrons. The van der Waals surface area contributed by atoms with Crippen LogP contribution in [0.25, 0.3) is 10.9 Å². The number of nitrogens with zero attached hydrogens (tertiary/aromatic N) is 2. The third-order valence-electron chi connectivity index (χ3n) is 4.28. The summed E-state index contributed by atoms with van der Waals surface area (Å²) < 4.78 is 11.1. The van der Waals surface area contributed by atoms with E-state index in [0.717, 1.165) is 29.2 Å². The Morgan fingerprint density at radius 2 is 1.96 bits per heavy atom. The zero-order valence-electron chi connectivity index (χ0n) is 14.0. The van der Waals surface area contributed by atoms with Gasteiger partial charge in [0.05, 0.1) is 16.0 Å². The van der Waals surface area contributed by atoms with Gasteiger partial charge in [0.1, 0.15) is 18.7 Å². The van der Waals surface area contributed by atoms with Crippen LogP contribution in [0.1, 0.15) is 5.56 Å². The SMILES string of the molecule is O=[N+]([O-])c1ccc(NCCc2ccc3c(c2)OCCO3)c2ncccc12. The smallest absolute Gasteiger partial charge is 0.278 e. The molecule has 7 heteroatoms. The van der Waals surface area contributed by atoms with E-state index in [9.17, 15) is 10.1 Å². The summed E-state index contributed by atoms with van der Waals surface area (Å²) in [6.07, 6.45) is 2.42. The summed E-state index contributed by atoms with van der Waals surface area (Å²) in [6.45, 7) is 1.81. The zero-order chi connectivity index (χ0) is 17.9. The van der Waals surface area contributed by atoms with E-state index in [-0.39, 0.29) is 10.6 Å². The maximum atomic E-state index is 11.2. The first-order valence-electron chi connectivity index (χ1n) is 8.37. The molecule has 1 aromatic heterocycles. The Labute approximate surface area is 149 Å². The average Bonchev–Trinajstić information content (AvgIpc) is 2.67. The van der Waals surface area contributed by atoms with E-state index in [1.165, 1.54) is 6.07 Å². The standard InChI is InChI=1S/C19H17N3O4/c23-22(24)16-5-4-15(19-14(16)2-1-8-21-19)20-9-7-13-3-6-17-18(12-13)26-11-10-25-17/h1-6,8,12,20H,7,9-11H2. The van der Waals surface area contributed by atoms with E-state index in [1.54, 1.807) is 24.4 Å². The van der Waals surface area contributed by atoms with Gasteiger partial charge in [0.2, 0.25) is 0 Å². The van der Waals surface area contributed by atoms with Gasteiger partial charge in [-0.3, -0.25) is 15.1 Å². The van der Waals surface area contributed by atoms with E-state index in [1.807, 2.05) is 18.2 Å². The van der Waals surface area contributed by atoms with Crippen LogP contribution >= 0.6 is 0 Å². The van der Waals surface area contributed by atoms with E-state index in [2.05, 4.69) is 10.3 Å². The lowest BCUT2D eigenvalue weighted by Gasteiger charge is -2.19. The zero-order valence-corrected chi connectivity index (χ0v) is 14.0. The molecule has 4 rings (SSSR count). The molecule has 7 nitrogen and oxygen atoms in total. The quantitative estimate of drug-likeness (QED) is 0.559. The lowest BCUT2D eigenvalue weighted by Crippen LogP contribution is -2.15. The highest BCUT2D eigenvalue weighted by Crippen LogP contribution is 2.32. The van der Waals surface area contributed by atoms with Crippen LogP contribution in [0.2, 0.25) is 0 Å². The molecule has 1 aliphatic rings. The minimum absolute atomic E-state index is 0.0606. The minimum Gasteiger partial charge on any atom is -0.486 e. The number of non-ortho nitro benzene ring substituents is 1. The molecule has 26 heavy (non-hydrogen) atoms. The first-order chi connectivity index (χ1) is 12.7. The molecule has 0 saturated heterocycles. The number of hydrogen-bond acceptors (Lipinski definition) is 6. The first kappa shape index (κ1) is 16.1. The van der Waals surface area contributed by atoms with Crippen molar-refractivity contribution in [3.8, 4) is 11.5 Å². The highest BCUT2D eigenvalue weighted by Gasteiger charge is 2.15. The van der Waals surface area contributed by atoms with Crippen LogP contribution in [0.5, 0.6) is 11.5 Å². The Kier molecular flexibility index (Phi) is 4.27. The molecule has 2 aromatic carbocycles. The highest BCUT2D eigenvalue weighted by atomic mass is 16.6. The molecular weight excluding hydrogens is 334 g/mol. The molecule has 0 saturated carbocycles. The minimum atomic E-state index is -0.386. The number of benzene rings is 2. The molecule has 0 aliphatic carbocycles. The van der Waals surface area contributed by atoms with Gasteiger partial charge in [0, 0.05) is 18.8 Å². The molecule has 1 N–H and O–H groups in total. The van der Waals surface area contributed by atoms with Gasteiger partial charge in [-0.25, -0.2) is 0 Å². The van der Waals surface area contributed by atoms with Gasteiger partial charge in [-0.15, -0.1) is 0 Å². The molecule has 1 aliphatic heterocycles. The third-order valence-corrected chi connectivity index (χ3v) is 4.28. The number of ether oxygens (including phenoxy) is 2. The van der Waals surface area contributed by atoms with Crippen molar-refractivity contribution in [1.29, 1.82) is 0 Å². The predicted molar refractivity (Wildman–Crippen MR) is 98.0 cm³/mol. The lowest BCUT2D eigenvalue weighted by molar-refractivity contribution is -0.383. The van der Waals surface area contributed by atoms with Crippen molar-refractivity contribution in [3.05, 3.63) is 64.3 Å². The second kappa shape index (κ2) is 6.87. The van der Waals surface area contributed by atoms with Crippen LogP contribution in [0.15, 0.2) is 48.7 Å². The lowest BCUT2D eigenvalue weighted by atomic mass is 10.1. The summed E-state index contributed by atoms with van der Waals surface area (Å²) in [6, 6.07) is 12.6. The van der Waals surface area contributed by atoms with Crippen LogP contribution in [0, 0.1) is 10.1 Å². The van der Waals surface area contributed by atoms with Crippen LogP contribution in [0.4, 0.5) is 11.4 Å². The van der Waals surface area contributed by atoms with Gasteiger partial charge in [-0.05, 0) is 42.3 Å². The molecule has 0 fully saturated rings. The number of fused-ring (bicyclic) bond motifs is 2. The van der Waals surface area contributed by atoms with Crippen molar-refractivity contribution in [3.63, 3.8) is 0 Å². The van der Waals surface area contributed by atoms with Crippen molar-refractivity contribution in [1.82, 2.24) is 4.98 Å². The second-order valence-corrected chi connectivity index (χ2v) is 5.94. The fraction of sp³-hybridized carbons (Fsp3) is 0.211. The van der Waals surface area contributed by atoms with Gasteiger partial charge in [0.15, 0.2) is 11.5 Å². The molecule has 0 bridgehead atoms. The second-order valence-electron chi connectivity index (χ2n) is 5.94. The third kappa shape index (κ3) is 3.11. The molecular formula is C19H17N3O4. The van der Waals surface area contributed by atoms with Crippen LogP contribution in [-0.4, -0.2) is 29.7 Å². The highest BCUT2D eigenvalue weighted by molar-refractivity contribution is 5.96. The first-order valence-corrected chi connectivity index (χ1v) is 8.37. The topological polar surface area (TPSA) is 86.5 Å². The molecule has 0 amide bonds. The van der Waals surface area contributed by atoms with Crippen LogP contribution in [-0.2, 0) is 6.42 Å². The largest absolute Gasteiger partial charge is 0.486 e. The Morgan fingerprint density at radius 1 is 1.12 bits per heavy atom. The number of pyridine rings is 1. The van der Waals surface area contributed by atoms with Crippen LogP contribution in [0.3, 0.4) is 0 Å². The Morgan fingerprint density at radius 3 is 2.81 bits per heavy atom. The number of nitrogens with one attached hydrogen (secondary N) is 1. The van der Waals surface area contributed by atoms with Gasteiger partial charge in [0.25, 0.3) is 5.69 Å². The number of nitro groups is 1. The number of nitro benzene ring substituents is 1. The van der Waals surface area contributed by atoms with E-state index in [4.69, 9.17) is 9.47 Å². The van der Waals surface area contributed by atoms with E-state index < -0.39 is 0 Å². The number of aromatic nitrogens is 1. The number of hydrogen-bond donors (Lipinski definition) is 1. The molecule has 2 heterocycles. The van der Waals surface area contributed by atoms with Gasteiger partial charge in [-0.2, -0.15) is 0 Å². The van der Waals surface area contributed by atoms with Gasteiger partial charge < -0.3 is 14.8 Å². The van der Waals surface area contributed by atoms with Gasteiger partial charge in [-0.1, -0.05) is 6.07 Å². The number of rotatable bonds is 5. The van der Waals surface area contributed by atoms with Crippen LogP contribution < -0.4 is 14.8 Å². The summed E-state index contributed by atoms with van der Waals surface area (Å²) in [7, 11) is 0. The fourth-order valence-corrected chi connectivity index (χ4v) is 3.04. The Bertz CT molecular complexity index is 974.